The van der Waals surface area contributed by atoms with E-state index < -0.39 is 0 Å². The number of nitrogens with zero attached hydrogens (tertiary/aromatic N) is 1. The second kappa shape index (κ2) is 5.82. The van der Waals surface area contributed by atoms with Crippen LogP contribution in [0.25, 0.3) is 0 Å². The Labute approximate surface area is 93.8 Å². The standard InChI is InChI=1S/C10H16N2O2S/c1-7-9(8(2)13)10(15-12-7)11-5-4-6-14-3/h11H,4-6H2,1-3H3. The maximum atomic E-state index is 11.3. The molecule has 0 atom stereocenters. The van der Waals surface area contributed by atoms with Crippen LogP contribution in [-0.4, -0.2) is 30.4 Å². The molecule has 0 aliphatic carbocycles. The molecule has 1 heterocycles. The molecule has 0 fully saturated rings. The number of carbonyl (C=O) groups excluding carboxylic acids is 1. The molecule has 1 aromatic rings. The number of anilines is 1. The Morgan fingerprint density at radius 1 is 1.60 bits per heavy atom. The van der Waals surface area contributed by atoms with Gasteiger partial charge in [0.05, 0.1) is 11.3 Å². The van der Waals surface area contributed by atoms with Crippen LogP contribution in [0.1, 0.15) is 29.4 Å². The summed E-state index contributed by atoms with van der Waals surface area (Å²) in [5, 5.41) is 4.08. The van der Waals surface area contributed by atoms with Crippen LogP contribution in [0.3, 0.4) is 0 Å². The summed E-state index contributed by atoms with van der Waals surface area (Å²) in [5.41, 5.74) is 1.53. The highest BCUT2D eigenvalue weighted by Gasteiger charge is 2.13. The molecule has 0 aliphatic rings. The lowest BCUT2D eigenvalue weighted by atomic mass is 10.2. The van der Waals surface area contributed by atoms with Crippen molar-refractivity contribution in [1.29, 1.82) is 0 Å². The van der Waals surface area contributed by atoms with Gasteiger partial charge < -0.3 is 10.1 Å². The fourth-order valence-corrected chi connectivity index (χ4v) is 2.19. The minimum absolute atomic E-state index is 0.0653. The highest BCUT2D eigenvalue weighted by molar-refractivity contribution is 7.10. The maximum absolute atomic E-state index is 11.3. The number of nitrogens with one attached hydrogen (secondary N) is 1. The highest BCUT2D eigenvalue weighted by Crippen LogP contribution is 2.24. The van der Waals surface area contributed by atoms with E-state index in [2.05, 4.69) is 9.69 Å². The average Bonchev–Trinajstić information content (AvgIpc) is 2.54. The Morgan fingerprint density at radius 3 is 2.93 bits per heavy atom. The average molecular weight is 228 g/mol. The van der Waals surface area contributed by atoms with Crippen LogP contribution in [0.2, 0.25) is 0 Å². The SMILES string of the molecule is COCCCNc1snc(C)c1C(C)=O. The summed E-state index contributed by atoms with van der Waals surface area (Å²) in [7, 11) is 1.68. The van der Waals surface area contributed by atoms with E-state index in [4.69, 9.17) is 4.74 Å². The molecule has 0 aliphatic heterocycles. The fraction of sp³-hybridized carbons (Fsp3) is 0.600. The van der Waals surface area contributed by atoms with Crippen molar-refractivity contribution in [2.24, 2.45) is 0 Å². The van der Waals surface area contributed by atoms with Crippen molar-refractivity contribution < 1.29 is 9.53 Å². The second-order valence-electron chi connectivity index (χ2n) is 3.30. The van der Waals surface area contributed by atoms with E-state index in [0.717, 1.165) is 35.8 Å². The lowest BCUT2D eigenvalue weighted by Gasteiger charge is -2.04. The van der Waals surface area contributed by atoms with Crippen molar-refractivity contribution in [2.75, 3.05) is 25.6 Å². The number of hydrogen-bond donors (Lipinski definition) is 1. The van der Waals surface area contributed by atoms with E-state index in [9.17, 15) is 4.79 Å². The molecule has 0 bridgehead atoms. The Balaban J connectivity index is 2.57. The molecule has 0 saturated heterocycles. The van der Waals surface area contributed by atoms with Gasteiger partial charge in [0.25, 0.3) is 0 Å². The molecule has 1 aromatic heterocycles. The van der Waals surface area contributed by atoms with Crippen LogP contribution in [0.4, 0.5) is 5.00 Å². The fourth-order valence-electron chi connectivity index (χ4n) is 1.32. The van der Waals surface area contributed by atoms with E-state index >= 15 is 0 Å². The number of aryl methyl sites for hydroxylation is 1. The molecule has 0 aromatic carbocycles. The summed E-state index contributed by atoms with van der Waals surface area (Å²) >= 11 is 1.34. The Morgan fingerprint density at radius 2 is 2.33 bits per heavy atom. The summed E-state index contributed by atoms with van der Waals surface area (Å²) in [6.45, 7) is 4.95. The van der Waals surface area contributed by atoms with Crippen LogP contribution in [0.15, 0.2) is 0 Å². The molecule has 0 unspecified atom stereocenters. The number of carbonyl (C=O) groups is 1. The summed E-state index contributed by atoms with van der Waals surface area (Å²) in [4.78, 5) is 11.3. The van der Waals surface area contributed by atoms with E-state index in [1.54, 1.807) is 14.0 Å². The Kier molecular flexibility index (Phi) is 4.71. The minimum Gasteiger partial charge on any atom is -0.385 e. The molecule has 0 saturated carbocycles. The van der Waals surface area contributed by atoms with Gasteiger partial charge in [0.15, 0.2) is 5.78 Å². The van der Waals surface area contributed by atoms with Gasteiger partial charge in [0.2, 0.25) is 0 Å². The van der Waals surface area contributed by atoms with E-state index in [1.165, 1.54) is 11.5 Å². The number of hydrogen-bond acceptors (Lipinski definition) is 5. The van der Waals surface area contributed by atoms with Gasteiger partial charge in [-0.05, 0) is 31.8 Å². The normalized spacial score (nSPS) is 10.3. The van der Waals surface area contributed by atoms with Crippen molar-refractivity contribution in [1.82, 2.24) is 4.37 Å². The first-order valence-electron chi connectivity index (χ1n) is 4.86. The number of Topliss-reactive ketones (excluding diaryl/α,β-unsaturated/α-hetero) is 1. The van der Waals surface area contributed by atoms with E-state index in [1.807, 2.05) is 6.92 Å². The lowest BCUT2D eigenvalue weighted by Crippen LogP contribution is -2.06. The van der Waals surface area contributed by atoms with Crippen molar-refractivity contribution in [3.63, 3.8) is 0 Å². The van der Waals surface area contributed by atoms with Crippen LogP contribution in [0.5, 0.6) is 0 Å². The number of aromatic nitrogens is 1. The highest BCUT2D eigenvalue weighted by atomic mass is 32.1. The van der Waals surface area contributed by atoms with E-state index in [0.29, 0.717) is 0 Å². The third-order valence-electron chi connectivity index (χ3n) is 2.03. The maximum Gasteiger partial charge on any atom is 0.164 e. The smallest absolute Gasteiger partial charge is 0.164 e. The molecule has 5 heteroatoms. The van der Waals surface area contributed by atoms with Gasteiger partial charge in [-0.3, -0.25) is 4.79 Å². The Bertz CT molecular complexity index is 336. The molecule has 0 spiro atoms. The molecule has 15 heavy (non-hydrogen) atoms. The molecule has 0 radical (unpaired) electrons. The number of ether oxygens (including phenoxy) is 1. The van der Waals surface area contributed by atoms with Gasteiger partial charge in [-0.2, -0.15) is 4.37 Å². The second-order valence-corrected chi connectivity index (χ2v) is 4.07. The first-order chi connectivity index (χ1) is 7.16. The monoisotopic (exact) mass is 228 g/mol. The largest absolute Gasteiger partial charge is 0.385 e. The van der Waals surface area contributed by atoms with E-state index in [-0.39, 0.29) is 5.78 Å². The quantitative estimate of drug-likeness (QED) is 0.598. The van der Waals surface area contributed by atoms with Gasteiger partial charge in [-0.15, -0.1) is 0 Å². The zero-order valence-corrected chi connectivity index (χ0v) is 10.1. The third-order valence-corrected chi connectivity index (χ3v) is 2.92. The zero-order chi connectivity index (χ0) is 11.3. The zero-order valence-electron chi connectivity index (χ0n) is 9.29. The van der Waals surface area contributed by atoms with Gasteiger partial charge in [0.1, 0.15) is 5.00 Å². The molecular weight excluding hydrogens is 212 g/mol. The first kappa shape index (κ1) is 12.1. The van der Waals surface area contributed by atoms with Crippen molar-refractivity contribution in [2.45, 2.75) is 20.3 Å². The van der Waals surface area contributed by atoms with Gasteiger partial charge >= 0.3 is 0 Å². The summed E-state index contributed by atoms with van der Waals surface area (Å²) < 4.78 is 9.11. The van der Waals surface area contributed by atoms with Crippen molar-refractivity contribution >= 4 is 22.3 Å². The van der Waals surface area contributed by atoms with Gasteiger partial charge in [-0.1, -0.05) is 0 Å². The first-order valence-corrected chi connectivity index (χ1v) is 5.64. The summed E-state index contributed by atoms with van der Waals surface area (Å²) in [5.74, 6) is 0.0653. The Hall–Kier alpha value is -0.940. The number of ketones is 1. The lowest BCUT2D eigenvalue weighted by molar-refractivity contribution is 0.101. The van der Waals surface area contributed by atoms with Crippen LogP contribution < -0.4 is 5.32 Å². The predicted octanol–water partition coefficient (Wildman–Crippen LogP) is 2.10. The number of rotatable bonds is 6. The van der Waals surface area contributed by atoms with Crippen molar-refractivity contribution in [3.05, 3.63) is 11.3 Å². The molecular formula is C10H16N2O2S. The van der Waals surface area contributed by atoms with Gasteiger partial charge in [-0.25, -0.2) is 0 Å². The van der Waals surface area contributed by atoms with Crippen LogP contribution >= 0.6 is 11.5 Å². The van der Waals surface area contributed by atoms with Crippen LogP contribution in [0, 0.1) is 6.92 Å². The predicted molar refractivity (Wildman–Crippen MR) is 61.8 cm³/mol. The topological polar surface area (TPSA) is 51.2 Å². The summed E-state index contributed by atoms with van der Waals surface area (Å²) in [6.07, 6.45) is 0.921. The molecule has 4 nitrogen and oxygen atoms in total. The molecule has 0 amide bonds. The van der Waals surface area contributed by atoms with Crippen LogP contribution in [-0.2, 0) is 4.74 Å². The molecule has 84 valence electrons. The number of methoxy groups -OCH3 is 1. The van der Waals surface area contributed by atoms with Gasteiger partial charge in [0, 0.05) is 20.3 Å². The molecule has 1 rings (SSSR count). The van der Waals surface area contributed by atoms with Crippen molar-refractivity contribution in [3.8, 4) is 0 Å². The summed E-state index contributed by atoms with van der Waals surface area (Å²) in [6, 6.07) is 0. The minimum atomic E-state index is 0.0653. The third kappa shape index (κ3) is 3.28. The molecule has 1 N–H and O–H groups in total.